The molecule has 1 aliphatic heterocycles. The Morgan fingerprint density at radius 3 is 2.70 bits per heavy atom. The molecule has 0 bridgehead atoms. The first-order valence-electron chi connectivity index (χ1n) is 6.33. The summed E-state index contributed by atoms with van der Waals surface area (Å²) in [5.41, 5.74) is 0.00919. The second kappa shape index (κ2) is 5.09. The highest BCUT2D eigenvalue weighted by Gasteiger charge is 2.32. The topological polar surface area (TPSA) is 69.7 Å². The van der Waals surface area contributed by atoms with Crippen LogP contribution in [0.2, 0.25) is 0 Å². The van der Waals surface area contributed by atoms with Gasteiger partial charge in [0.15, 0.2) is 15.6 Å². The largest absolute Gasteiger partial charge is 0.492 e. The number of ketones is 1. The van der Waals surface area contributed by atoms with Crippen LogP contribution in [0.3, 0.4) is 0 Å². The second-order valence-corrected chi connectivity index (χ2v) is 7.86. The minimum Gasteiger partial charge on any atom is -0.492 e. The Balaban J connectivity index is 2.13. The van der Waals surface area contributed by atoms with Gasteiger partial charge in [-0.25, -0.2) is 8.42 Å². The molecule has 0 saturated carbocycles. The van der Waals surface area contributed by atoms with Crippen molar-refractivity contribution in [3.63, 3.8) is 0 Å². The Hall–Kier alpha value is -1.56. The van der Waals surface area contributed by atoms with Gasteiger partial charge in [-0.1, -0.05) is 0 Å². The third-order valence-electron chi connectivity index (χ3n) is 2.95. The molecular weight excluding hydrogens is 280 g/mol. The third-order valence-corrected chi connectivity index (χ3v) is 3.86. The van der Waals surface area contributed by atoms with Crippen LogP contribution in [0, 0.1) is 0 Å². The van der Waals surface area contributed by atoms with E-state index in [2.05, 4.69) is 0 Å². The monoisotopic (exact) mass is 298 g/mol. The summed E-state index contributed by atoms with van der Waals surface area (Å²) in [6.45, 7) is 3.78. The maximum absolute atomic E-state index is 12.0. The maximum Gasteiger partial charge on any atom is 0.170 e. The summed E-state index contributed by atoms with van der Waals surface area (Å²) in [5.74, 6) is 0.981. The van der Waals surface area contributed by atoms with Crippen LogP contribution < -0.4 is 9.47 Å². The molecule has 2 rings (SSSR count). The van der Waals surface area contributed by atoms with Gasteiger partial charge in [0.25, 0.3) is 0 Å². The molecule has 1 aromatic carbocycles. The van der Waals surface area contributed by atoms with Crippen molar-refractivity contribution < 1.29 is 22.7 Å². The number of fused-ring (bicyclic) bond motifs is 1. The van der Waals surface area contributed by atoms with Gasteiger partial charge in [-0.2, -0.15) is 0 Å². The highest BCUT2D eigenvalue weighted by molar-refractivity contribution is 7.90. The number of carbonyl (C=O) groups excluding carboxylic acids is 1. The number of hydrogen-bond donors (Lipinski definition) is 0. The van der Waals surface area contributed by atoms with E-state index in [1.807, 2.05) is 13.8 Å². The van der Waals surface area contributed by atoms with Gasteiger partial charge in [-0.15, -0.1) is 0 Å². The number of rotatable bonds is 4. The number of benzene rings is 1. The average Bonchev–Trinajstić information content (AvgIpc) is 2.24. The van der Waals surface area contributed by atoms with Crippen molar-refractivity contribution in [1.29, 1.82) is 0 Å². The van der Waals surface area contributed by atoms with E-state index in [1.165, 1.54) is 0 Å². The van der Waals surface area contributed by atoms with Crippen molar-refractivity contribution in [2.24, 2.45) is 0 Å². The van der Waals surface area contributed by atoms with E-state index in [0.717, 1.165) is 6.26 Å². The van der Waals surface area contributed by atoms with Gasteiger partial charge in [0, 0.05) is 12.3 Å². The van der Waals surface area contributed by atoms with Crippen molar-refractivity contribution in [2.75, 3.05) is 18.6 Å². The van der Waals surface area contributed by atoms with E-state index < -0.39 is 15.4 Å². The predicted molar refractivity (Wildman–Crippen MR) is 75.3 cm³/mol. The Morgan fingerprint density at radius 1 is 1.35 bits per heavy atom. The quantitative estimate of drug-likeness (QED) is 0.848. The fourth-order valence-corrected chi connectivity index (χ4v) is 2.42. The SMILES string of the molecule is CC1(C)CC(=O)c2ccc(OCCS(C)(=O)=O)cc2O1. The molecule has 0 amide bonds. The van der Waals surface area contributed by atoms with Gasteiger partial charge < -0.3 is 9.47 Å². The van der Waals surface area contributed by atoms with Crippen LogP contribution in [-0.4, -0.2) is 38.4 Å². The summed E-state index contributed by atoms with van der Waals surface area (Å²) >= 11 is 0. The van der Waals surface area contributed by atoms with Crippen molar-refractivity contribution in [2.45, 2.75) is 25.9 Å². The molecule has 0 aromatic heterocycles. The summed E-state index contributed by atoms with van der Waals surface area (Å²) in [4.78, 5) is 12.0. The number of sulfone groups is 1. The van der Waals surface area contributed by atoms with E-state index in [0.29, 0.717) is 23.5 Å². The first-order chi connectivity index (χ1) is 9.16. The van der Waals surface area contributed by atoms with E-state index in [4.69, 9.17) is 9.47 Å². The maximum atomic E-state index is 12.0. The van der Waals surface area contributed by atoms with E-state index in [1.54, 1.807) is 18.2 Å². The van der Waals surface area contributed by atoms with Crippen LogP contribution in [0.1, 0.15) is 30.6 Å². The lowest BCUT2D eigenvalue weighted by atomic mass is 9.93. The summed E-state index contributed by atoms with van der Waals surface area (Å²) < 4.78 is 33.2. The molecular formula is C14H18O5S. The molecule has 0 N–H and O–H groups in total. The van der Waals surface area contributed by atoms with Crippen LogP contribution in [-0.2, 0) is 9.84 Å². The Morgan fingerprint density at radius 2 is 2.05 bits per heavy atom. The minimum absolute atomic E-state index is 0.0407. The van der Waals surface area contributed by atoms with Crippen molar-refractivity contribution in [1.82, 2.24) is 0 Å². The second-order valence-electron chi connectivity index (χ2n) is 5.60. The summed E-state index contributed by atoms with van der Waals surface area (Å²) in [6, 6.07) is 4.94. The van der Waals surface area contributed by atoms with E-state index in [-0.39, 0.29) is 18.1 Å². The Labute approximate surface area is 118 Å². The third kappa shape index (κ3) is 3.72. The molecule has 1 heterocycles. The molecule has 0 spiro atoms. The van der Waals surface area contributed by atoms with Crippen molar-refractivity contribution in [3.8, 4) is 11.5 Å². The molecule has 110 valence electrons. The average molecular weight is 298 g/mol. The number of hydrogen-bond acceptors (Lipinski definition) is 5. The van der Waals surface area contributed by atoms with Crippen LogP contribution >= 0.6 is 0 Å². The number of ether oxygens (including phenoxy) is 2. The molecule has 0 fully saturated rings. The van der Waals surface area contributed by atoms with E-state index in [9.17, 15) is 13.2 Å². The van der Waals surface area contributed by atoms with Gasteiger partial charge in [-0.05, 0) is 26.0 Å². The van der Waals surface area contributed by atoms with Crippen LogP contribution in [0.4, 0.5) is 0 Å². The molecule has 0 unspecified atom stereocenters. The van der Waals surface area contributed by atoms with E-state index >= 15 is 0 Å². The molecule has 0 atom stereocenters. The highest BCUT2D eigenvalue weighted by atomic mass is 32.2. The van der Waals surface area contributed by atoms with Gasteiger partial charge in [-0.3, -0.25) is 4.79 Å². The Bertz CT molecular complexity index is 631. The van der Waals surface area contributed by atoms with Crippen LogP contribution in [0.15, 0.2) is 18.2 Å². The molecule has 6 heteroatoms. The van der Waals surface area contributed by atoms with Crippen LogP contribution in [0.25, 0.3) is 0 Å². The molecule has 1 aliphatic rings. The summed E-state index contributed by atoms with van der Waals surface area (Å²) in [7, 11) is -3.05. The minimum atomic E-state index is -3.05. The zero-order chi connectivity index (χ0) is 15.0. The van der Waals surface area contributed by atoms with Gasteiger partial charge in [0.1, 0.15) is 23.7 Å². The molecule has 5 nitrogen and oxygen atoms in total. The zero-order valence-corrected chi connectivity index (χ0v) is 12.6. The summed E-state index contributed by atoms with van der Waals surface area (Å²) in [6.07, 6.45) is 1.50. The molecule has 0 saturated heterocycles. The first-order valence-corrected chi connectivity index (χ1v) is 8.39. The highest BCUT2D eigenvalue weighted by Crippen LogP contribution is 2.35. The smallest absolute Gasteiger partial charge is 0.170 e. The standard InChI is InChI=1S/C14H18O5S/c1-14(2)9-12(15)11-5-4-10(8-13(11)19-14)18-6-7-20(3,16)17/h4-5,8H,6-7,9H2,1-3H3. The zero-order valence-electron chi connectivity index (χ0n) is 11.8. The lowest BCUT2D eigenvalue weighted by Crippen LogP contribution is -2.35. The van der Waals surface area contributed by atoms with Crippen molar-refractivity contribution >= 4 is 15.6 Å². The van der Waals surface area contributed by atoms with Crippen molar-refractivity contribution in [3.05, 3.63) is 23.8 Å². The van der Waals surface area contributed by atoms with Gasteiger partial charge >= 0.3 is 0 Å². The fraction of sp³-hybridized carbons (Fsp3) is 0.500. The lowest BCUT2D eigenvalue weighted by Gasteiger charge is -2.31. The number of Topliss-reactive ketones (excluding diaryl/α,β-unsaturated/α-hetero) is 1. The van der Waals surface area contributed by atoms with Gasteiger partial charge in [0.05, 0.1) is 17.7 Å². The normalized spacial score (nSPS) is 17.2. The Kier molecular flexibility index (Phi) is 3.77. The number of carbonyl (C=O) groups is 1. The fourth-order valence-electron chi connectivity index (χ4n) is 2.03. The molecule has 20 heavy (non-hydrogen) atoms. The lowest BCUT2D eigenvalue weighted by molar-refractivity contribution is 0.0618. The summed E-state index contributed by atoms with van der Waals surface area (Å²) in [5, 5.41) is 0. The van der Waals surface area contributed by atoms with Crippen LogP contribution in [0.5, 0.6) is 11.5 Å². The molecule has 0 aliphatic carbocycles. The molecule has 0 radical (unpaired) electrons. The van der Waals surface area contributed by atoms with Gasteiger partial charge in [0.2, 0.25) is 0 Å². The predicted octanol–water partition coefficient (Wildman–Crippen LogP) is 1.85. The first kappa shape index (κ1) is 14.8. The molecule has 1 aromatic rings.